The van der Waals surface area contributed by atoms with E-state index in [-0.39, 0.29) is 7.43 Å². The van der Waals surface area contributed by atoms with Gasteiger partial charge in [0.25, 0.3) is 0 Å². The number of benzene rings is 3. The lowest BCUT2D eigenvalue weighted by molar-refractivity contribution is 1.18. The second kappa shape index (κ2) is 10.4. The zero-order chi connectivity index (χ0) is 20.0. The Hall–Kier alpha value is -2.98. The Morgan fingerprint density at radius 3 is 1.50 bits per heavy atom. The van der Waals surface area contributed by atoms with Crippen LogP contribution in [0.3, 0.4) is 0 Å². The van der Waals surface area contributed by atoms with Crippen LogP contribution in [-0.2, 0) is 0 Å². The highest BCUT2D eigenvalue weighted by Gasteiger charge is 2.10. The van der Waals surface area contributed by atoms with Crippen LogP contribution in [0.4, 0.5) is 11.4 Å². The minimum absolute atomic E-state index is 0. The minimum atomic E-state index is 0. The lowest BCUT2D eigenvalue weighted by Crippen LogP contribution is -2.11. The summed E-state index contributed by atoms with van der Waals surface area (Å²) in [6.45, 7) is 10.5. The lowest BCUT2D eigenvalue weighted by Gasteiger charge is -2.22. The van der Waals surface area contributed by atoms with Crippen LogP contribution in [-0.4, -0.2) is 7.05 Å². The third-order valence-corrected chi connectivity index (χ3v) is 4.77. The van der Waals surface area contributed by atoms with Crippen molar-refractivity contribution in [1.82, 2.24) is 0 Å². The van der Waals surface area contributed by atoms with Crippen molar-refractivity contribution in [3.05, 3.63) is 94.0 Å². The number of aryl methyl sites for hydroxylation is 5. The van der Waals surface area contributed by atoms with Crippen molar-refractivity contribution >= 4 is 11.4 Å². The summed E-state index contributed by atoms with van der Waals surface area (Å²) in [5.41, 5.74) is 9.56. The summed E-state index contributed by atoms with van der Waals surface area (Å²) in [5.74, 6) is 2.78. The normalized spacial score (nSPS) is 9.46. The highest BCUT2D eigenvalue weighted by Crippen LogP contribution is 2.29. The molecule has 0 radical (unpaired) electrons. The maximum atomic E-state index is 5.63. The Morgan fingerprint density at radius 1 is 0.679 bits per heavy atom. The van der Waals surface area contributed by atoms with Gasteiger partial charge in [0.05, 0.1) is 5.69 Å². The molecule has 0 aromatic heterocycles. The molecule has 0 aliphatic heterocycles. The van der Waals surface area contributed by atoms with Crippen molar-refractivity contribution in [3.8, 4) is 12.3 Å². The average molecular weight is 372 g/mol. The van der Waals surface area contributed by atoms with E-state index in [9.17, 15) is 0 Å². The molecular weight excluding hydrogens is 338 g/mol. The molecule has 0 amide bonds. The van der Waals surface area contributed by atoms with Gasteiger partial charge in [-0.1, -0.05) is 66.4 Å². The maximum absolute atomic E-state index is 5.63. The van der Waals surface area contributed by atoms with Crippen LogP contribution >= 0.6 is 0 Å². The molecule has 1 nitrogen and oxygen atoms in total. The van der Waals surface area contributed by atoms with Gasteiger partial charge in [0.1, 0.15) is 0 Å². The van der Waals surface area contributed by atoms with E-state index in [1.165, 1.54) is 27.8 Å². The summed E-state index contributed by atoms with van der Waals surface area (Å²) in [7, 11) is 2.05. The smallest absolute Gasteiger partial charge is 0.0569 e. The molecule has 0 aliphatic rings. The highest BCUT2D eigenvalue weighted by atomic mass is 15.1. The van der Waals surface area contributed by atoms with Crippen LogP contribution in [0.1, 0.15) is 40.8 Å². The molecule has 0 saturated carbocycles. The topological polar surface area (TPSA) is 3.24 Å². The molecule has 3 aromatic carbocycles. The Labute approximate surface area is 172 Å². The van der Waals surface area contributed by atoms with Crippen molar-refractivity contribution < 1.29 is 0 Å². The van der Waals surface area contributed by atoms with Gasteiger partial charge in [-0.15, -0.1) is 6.42 Å². The standard InChI is InChI=1S/C18H19N.C8H10.CH4/c1-6-16-11-14(3)15(4)12-18(16)19(5)17-9-7-13(2)8-10-17;1-7-3-5-8(2)6-4-7;/h1,7-12H,2-5H3;3-6H,1-2H3;1H4. The highest BCUT2D eigenvalue weighted by molar-refractivity contribution is 5.70. The maximum Gasteiger partial charge on any atom is 0.0569 e. The van der Waals surface area contributed by atoms with E-state index in [0.29, 0.717) is 0 Å². The summed E-state index contributed by atoms with van der Waals surface area (Å²) in [6, 6.07) is 21.2. The SMILES string of the molecule is C.C#Cc1cc(C)c(C)cc1N(C)c1ccc(C)cc1.Cc1ccc(C)cc1. The summed E-state index contributed by atoms with van der Waals surface area (Å²) in [4.78, 5) is 2.14. The minimum Gasteiger partial charge on any atom is -0.344 e. The molecule has 3 rings (SSSR count). The summed E-state index contributed by atoms with van der Waals surface area (Å²) in [6.07, 6.45) is 5.63. The molecule has 146 valence electrons. The van der Waals surface area contributed by atoms with Crippen molar-refractivity contribution in [3.63, 3.8) is 0 Å². The van der Waals surface area contributed by atoms with Crippen LogP contribution in [0.5, 0.6) is 0 Å². The van der Waals surface area contributed by atoms with E-state index in [1.54, 1.807) is 0 Å². The molecule has 1 heteroatoms. The van der Waals surface area contributed by atoms with E-state index in [4.69, 9.17) is 6.42 Å². The van der Waals surface area contributed by atoms with Gasteiger partial charge in [0.2, 0.25) is 0 Å². The van der Waals surface area contributed by atoms with Gasteiger partial charge >= 0.3 is 0 Å². The first-order valence-corrected chi connectivity index (χ1v) is 9.23. The molecule has 0 atom stereocenters. The second-order valence-electron chi connectivity index (χ2n) is 7.15. The van der Waals surface area contributed by atoms with Gasteiger partial charge in [-0.2, -0.15) is 0 Å². The Bertz CT molecular complexity index is 905. The van der Waals surface area contributed by atoms with Crippen LogP contribution in [0.2, 0.25) is 0 Å². The van der Waals surface area contributed by atoms with Crippen LogP contribution < -0.4 is 4.90 Å². The fraction of sp³-hybridized carbons (Fsp3) is 0.259. The molecule has 0 unspecified atom stereocenters. The largest absolute Gasteiger partial charge is 0.344 e. The second-order valence-corrected chi connectivity index (χ2v) is 7.15. The molecule has 0 bridgehead atoms. The molecule has 0 heterocycles. The van der Waals surface area contributed by atoms with E-state index >= 15 is 0 Å². The van der Waals surface area contributed by atoms with E-state index < -0.39 is 0 Å². The Balaban J connectivity index is 0.000000367. The van der Waals surface area contributed by atoms with Gasteiger partial charge in [0, 0.05) is 18.3 Å². The average Bonchev–Trinajstić information content (AvgIpc) is 2.66. The van der Waals surface area contributed by atoms with Gasteiger partial charge in [-0.25, -0.2) is 0 Å². The number of hydrogen-bond donors (Lipinski definition) is 0. The van der Waals surface area contributed by atoms with Crippen molar-refractivity contribution in [2.24, 2.45) is 0 Å². The summed E-state index contributed by atoms with van der Waals surface area (Å²) < 4.78 is 0. The predicted molar refractivity (Wildman–Crippen MR) is 126 cm³/mol. The number of nitrogens with zero attached hydrogens (tertiary/aromatic N) is 1. The fourth-order valence-corrected chi connectivity index (χ4v) is 2.74. The Kier molecular flexibility index (Phi) is 8.55. The first kappa shape index (κ1) is 23.1. The first-order chi connectivity index (χ1) is 12.8. The quantitative estimate of drug-likeness (QED) is 0.427. The van der Waals surface area contributed by atoms with E-state index in [2.05, 4.69) is 113 Å². The van der Waals surface area contributed by atoms with Gasteiger partial charge < -0.3 is 4.90 Å². The molecule has 0 fully saturated rings. The van der Waals surface area contributed by atoms with Crippen molar-refractivity contribution in [2.45, 2.75) is 42.0 Å². The van der Waals surface area contributed by atoms with Crippen LogP contribution in [0, 0.1) is 47.0 Å². The monoisotopic (exact) mass is 371 g/mol. The van der Waals surface area contributed by atoms with Crippen molar-refractivity contribution in [1.29, 1.82) is 0 Å². The third kappa shape index (κ3) is 6.03. The number of anilines is 2. The number of terminal acetylenes is 1. The van der Waals surface area contributed by atoms with Gasteiger partial charge in [0.15, 0.2) is 0 Å². The Morgan fingerprint density at radius 2 is 1.07 bits per heavy atom. The first-order valence-electron chi connectivity index (χ1n) is 9.23. The molecular formula is C27H33N. The van der Waals surface area contributed by atoms with E-state index in [0.717, 1.165) is 16.9 Å². The molecule has 0 spiro atoms. The zero-order valence-corrected chi connectivity index (χ0v) is 17.3. The van der Waals surface area contributed by atoms with Crippen LogP contribution in [0.15, 0.2) is 60.7 Å². The summed E-state index contributed by atoms with van der Waals surface area (Å²) >= 11 is 0. The molecule has 28 heavy (non-hydrogen) atoms. The molecule has 0 aliphatic carbocycles. The number of hydrogen-bond acceptors (Lipinski definition) is 1. The zero-order valence-electron chi connectivity index (χ0n) is 17.3. The summed E-state index contributed by atoms with van der Waals surface area (Å²) in [5, 5.41) is 0. The lowest BCUT2D eigenvalue weighted by atomic mass is 10.0. The van der Waals surface area contributed by atoms with Crippen LogP contribution in [0.25, 0.3) is 0 Å². The third-order valence-electron chi connectivity index (χ3n) is 4.77. The van der Waals surface area contributed by atoms with E-state index in [1.807, 2.05) is 0 Å². The van der Waals surface area contributed by atoms with Crippen molar-refractivity contribution in [2.75, 3.05) is 11.9 Å². The molecule has 0 N–H and O–H groups in total. The van der Waals surface area contributed by atoms with Gasteiger partial charge in [-0.3, -0.25) is 0 Å². The molecule has 0 saturated heterocycles. The predicted octanol–water partition coefficient (Wildman–Crippen LogP) is 7.30. The molecule has 3 aromatic rings. The number of rotatable bonds is 2. The van der Waals surface area contributed by atoms with Gasteiger partial charge in [-0.05, 0) is 70.0 Å². The fourth-order valence-electron chi connectivity index (χ4n) is 2.74.